The highest BCUT2D eigenvalue weighted by molar-refractivity contribution is 5.43. The van der Waals surface area contributed by atoms with E-state index in [4.69, 9.17) is 0 Å². The topological polar surface area (TPSA) is 12.0 Å². The molecule has 1 heteroatoms. The minimum atomic E-state index is 0.392. The lowest BCUT2D eigenvalue weighted by Gasteiger charge is -2.27. The van der Waals surface area contributed by atoms with E-state index >= 15 is 0 Å². The van der Waals surface area contributed by atoms with Gasteiger partial charge in [-0.3, -0.25) is 0 Å². The maximum absolute atomic E-state index is 3.67. The average molecular weight is 201 g/mol. The van der Waals surface area contributed by atoms with Crippen LogP contribution in [-0.4, -0.2) is 6.54 Å². The molecule has 1 nitrogen and oxygen atoms in total. The molecule has 1 aromatic carbocycles. The van der Waals surface area contributed by atoms with Gasteiger partial charge in [-0.1, -0.05) is 32.0 Å². The summed E-state index contributed by atoms with van der Waals surface area (Å²) in [6.07, 6.45) is 3.87. The zero-order valence-corrected chi connectivity index (χ0v) is 9.64. The summed E-state index contributed by atoms with van der Waals surface area (Å²) in [5, 5.41) is 3.67. The molecular weight excluding hydrogens is 182 g/mol. The Labute approximate surface area is 91.9 Å². The van der Waals surface area contributed by atoms with E-state index in [0.29, 0.717) is 11.5 Å². The molecule has 1 aliphatic heterocycles. The third kappa shape index (κ3) is 1.41. The molecule has 0 saturated heterocycles. The van der Waals surface area contributed by atoms with Gasteiger partial charge in [-0.05, 0) is 41.9 Å². The minimum Gasteiger partial charge on any atom is -0.307 e. The van der Waals surface area contributed by atoms with Gasteiger partial charge >= 0.3 is 0 Å². The first-order valence-electron chi connectivity index (χ1n) is 6.10. The fourth-order valence-corrected chi connectivity index (χ4v) is 2.75. The van der Waals surface area contributed by atoms with Gasteiger partial charge in [0.25, 0.3) is 0 Å². The Morgan fingerprint density at radius 3 is 2.73 bits per heavy atom. The lowest BCUT2D eigenvalue weighted by atomic mass is 9.88. The molecule has 1 fully saturated rings. The van der Waals surface area contributed by atoms with Crippen LogP contribution in [0.1, 0.15) is 49.3 Å². The highest BCUT2D eigenvalue weighted by atomic mass is 15.0. The van der Waals surface area contributed by atoms with Crippen molar-refractivity contribution < 1.29 is 0 Å². The zero-order chi connectivity index (χ0) is 10.5. The SMILES string of the molecule is CC(C)c1ccc2c(c1)CCNC21CC1. The summed E-state index contributed by atoms with van der Waals surface area (Å²) in [6.45, 7) is 5.71. The van der Waals surface area contributed by atoms with Gasteiger partial charge in [0.15, 0.2) is 0 Å². The van der Waals surface area contributed by atoms with Gasteiger partial charge in [-0.15, -0.1) is 0 Å². The summed E-state index contributed by atoms with van der Waals surface area (Å²) in [4.78, 5) is 0. The lowest BCUT2D eigenvalue weighted by Crippen LogP contribution is -2.36. The average Bonchev–Trinajstić information content (AvgIpc) is 2.98. The number of hydrogen-bond acceptors (Lipinski definition) is 1. The molecule has 0 unspecified atom stereocenters. The van der Waals surface area contributed by atoms with Crippen molar-refractivity contribution in [2.45, 2.75) is 44.6 Å². The van der Waals surface area contributed by atoms with Gasteiger partial charge in [0, 0.05) is 12.1 Å². The van der Waals surface area contributed by atoms with E-state index in [-0.39, 0.29) is 0 Å². The van der Waals surface area contributed by atoms with Crippen LogP contribution >= 0.6 is 0 Å². The molecule has 0 atom stereocenters. The zero-order valence-electron chi connectivity index (χ0n) is 9.64. The van der Waals surface area contributed by atoms with Crippen LogP contribution in [0, 0.1) is 0 Å². The van der Waals surface area contributed by atoms with Gasteiger partial charge in [0.05, 0.1) is 0 Å². The Morgan fingerprint density at radius 2 is 2.07 bits per heavy atom. The van der Waals surface area contributed by atoms with Crippen molar-refractivity contribution in [3.05, 3.63) is 34.9 Å². The molecule has 80 valence electrons. The van der Waals surface area contributed by atoms with Crippen molar-refractivity contribution in [3.8, 4) is 0 Å². The van der Waals surface area contributed by atoms with Crippen LogP contribution in [0.4, 0.5) is 0 Å². The molecule has 1 spiro atoms. The van der Waals surface area contributed by atoms with Crippen molar-refractivity contribution in [2.24, 2.45) is 0 Å². The van der Waals surface area contributed by atoms with Crippen LogP contribution in [0.25, 0.3) is 0 Å². The van der Waals surface area contributed by atoms with Crippen molar-refractivity contribution in [1.82, 2.24) is 5.32 Å². The summed E-state index contributed by atoms with van der Waals surface area (Å²) < 4.78 is 0. The lowest BCUT2D eigenvalue weighted by molar-refractivity contribution is 0.489. The fraction of sp³-hybridized carbons (Fsp3) is 0.571. The van der Waals surface area contributed by atoms with Crippen LogP contribution in [0.3, 0.4) is 0 Å². The monoisotopic (exact) mass is 201 g/mol. The first kappa shape index (κ1) is 9.41. The molecule has 0 radical (unpaired) electrons. The molecule has 0 aromatic heterocycles. The van der Waals surface area contributed by atoms with E-state index in [1.807, 2.05) is 0 Å². The molecule has 15 heavy (non-hydrogen) atoms. The van der Waals surface area contributed by atoms with E-state index < -0.39 is 0 Å². The molecule has 1 heterocycles. The number of hydrogen-bond donors (Lipinski definition) is 1. The smallest absolute Gasteiger partial charge is 0.0439 e. The maximum atomic E-state index is 3.67. The van der Waals surface area contributed by atoms with E-state index in [2.05, 4.69) is 37.4 Å². The first-order valence-corrected chi connectivity index (χ1v) is 6.10. The number of nitrogens with one attached hydrogen (secondary N) is 1. The van der Waals surface area contributed by atoms with Crippen LogP contribution < -0.4 is 5.32 Å². The Kier molecular flexibility index (Phi) is 1.93. The summed E-state index contributed by atoms with van der Waals surface area (Å²) in [5.41, 5.74) is 5.06. The van der Waals surface area contributed by atoms with Crippen molar-refractivity contribution >= 4 is 0 Å². The molecule has 0 amide bonds. The van der Waals surface area contributed by atoms with Crippen molar-refractivity contribution in [3.63, 3.8) is 0 Å². The van der Waals surface area contributed by atoms with E-state index in [9.17, 15) is 0 Å². The normalized spacial score (nSPS) is 21.8. The van der Waals surface area contributed by atoms with Crippen molar-refractivity contribution in [2.75, 3.05) is 6.54 Å². The molecule has 3 rings (SSSR count). The third-order valence-corrected chi connectivity index (χ3v) is 3.92. The molecule has 0 bridgehead atoms. The second-order valence-electron chi connectivity index (χ2n) is 5.33. The summed E-state index contributed by atoms with van der Waals surface area (Å²) in [7, 11) is 0. The standard InChI is InChI=1S/C14H19N/c1-10(2)11-3-4-13-12(9-11)5-8-15-14(13)6-7-14/h3-4,9-10,15H,5-8H2,1-2H3. The second-order valence-corrected chi connectivity index (χ2v) is 5.33. The Morgan fingerprint density at radius 1 is 1.27 bits per heavy atom. The fourth-order valence-electron chi connectivity index (χ4n) is 2.75. The van der Waals surface area contributed by atoms with Crippen LogP contribution in [0.5, 0.6) is 0 Å². The van der Waals surface area contributed by atoms with E-state index in [1.54, 1.807) is 11.1 Å². The van der Waals surface area contributed by atoms with Crippen LogP contribution in [0.15, 0.2) is 18.2 Å². The first-order chi connectivity index (χ1) is 7.21. The minimum absolute atomic E-state index is 0.392. The summed E-state index contributed by atoms with van der Waals surface area (Å²) in [5.74, 6) is 0.653. The van der Waals surface area contributed by atoms with E-state index in [0.717, 1.165) is 6.54 Å². The molecule has 2 aliphatic rings. The van der Waals surface area contributed by atoms with Gasteiger partial charge < -0.3 is 5.32 Å². The Hall–Kier alpha value is -0.820. The predicted molar refractivity (Wildman–Crippen MR) is 63.1 cm³/mol. The summed E-state index contributed by atoms with van der Waals surface area (Å²) >= 11 is 0. The van der Waals surface area contributed by atoms with Gasteiger partial charge in [-0.25, -0.2) is 0 Å². The molecular formula is C14H19N. The Bertz CT molecular complexity index is 388. The second kappa shape index (κ2) is 3.08. The van der Waals surface area contributed by atoms with Crippen LogP contribution in [-0.2, 0) is 12.0 Å². The molecule has 1 aromatic rings. The highest BCUT2D eigenvalue weighted by Crippen LogP contribution is 2.48. The summed E-state index contributed by atoms with van der Waals surface area (Å²) in [6, 6.07) is 7.11. The highest BCUT2D eigenvalue weighted by Gasteiger charge is 2.46. The molecule has 1 saturated carbocycles. The third-order valence-electron chi connectivity index (χ3n) is 3.92. The largest absolute Gasteiger partial charge is 0.307 e. The van der Waals surface area contributed by atoms with Gasteiger partial charge in [-0.2, -0.15) is 0 Å². The molecule has 1 aliphatic carbocycles. The maximum Gasteiger partial charge on any atom is 0.0439 e. The number of benzene rings is 1. The van der Waals surface area contributed by atoms with Gasteiger partial charge in [0.2, 0.25) is 0 Å². The van der Waals surface area contributed by atoms with E-state index in [1.165, 1.54) is 24.8 Å². The number of fused-ring (bicyclic) bond motifs is 2. The molecule has 1 N–H and O–H groups in total. The quantitative estimate of drug-likeness (QED) is 0.736. The predicted octanol–water partition coefficient (Wildman–Crippen LogP) is 2.94. The van der Waals surface area contributed by atoms with Crippen LogP contribution in [0.2, 0.25) is 0 Å². The Balaban J connectivity index is 2.05. The van der Waals surface area contributed by atoms with Gasteiger partial charge in [0.1, 0.15) is 0 Å². The number of rotatable bonds is 1. The van der Waals surface area contributed by atoms with Crippen molar-refractivity contribution in [1.29, 1.82) is 0 Å².